The van der Waals surface area contributed by atoms with Gasteiger partial charge in [0.25, 0.3) is 0 Å². The predicted molar refractivity (Wildman–Crippen MR) is 226 cm³/mol. The van der Waals surface area contributed by atoms with Gasteiger partial charge in [0.2, 0.25) is 5.91 Å². The molecule has 0 aromatic heterocycles. The summed E-state index contributed by atoms with van der Waals surface area (Å²) < 4.78 is 11.2. The van der Waals surface area contributed by atoms with E-state index in [2.05, 4.69) is 43.5 Å². The molecule has 6 N–H and O–H groups in total. The molecule has 1 rings (SSSR count). The number of nitrogens with one attached hydrogen (secondary N) is 1. The molecule has 1 amide bonds. The number of aliphatic hydroxyl groups excluding tert-OH is 5. The highest BCUT2D eigenvalue weighted by atomic mass is 16.7. The SMILES string of the molecule is CCCCCCCC/C=C/CC/C=C/CC/C=C/C(O)C(COC1OC(CO)C(O)C(O)C1O)NC(=O)CCCCCCCCCCCCCCCCCC. The van der Waals surface area contributed by atoms with Gasteiger partial charge in [-0.05, 0) is 44.9 Å². The molecule has 9 heteroatoms. The summed E-state index contributed by atoms with van der Waals surface area (Å²) in [5.74, 6) is -0.191. The second-order valence-corrected chi connectivity index (χ2v) is 15.8. The summed E-state index contributed by atoms with van der Waals surface area (Å²) in [6.45, 7) is 3.74. The molecule has 1 fully saturated rings. The van der Waals surface area contributed by atoms with Crippen LogP contribution in [0.2, 0.25) is 0 Å². The van der Waals surface area contributed by atoms with E-state index in [1.165, 1.54) is 122 Å². The summed E-state index contributed by atoms with van der Waals surface area (Å²) in [7, 11) is 0. The molecule has 0 spiro atoms. The van der Waals surface area contributed by atoms with E-state index in [0.717, 1.165) is 51.4 Å². The van der Waals surface area contributed by atoms with Crippen LogP contribution in [0, 0.1) is 0 Å². The number of hydrogen-bond donors (Lipinski definition) is 6. The standard InChI is InChI=1S/C46H85NO8/c1-3-5-7-9-11-13-15-17-19-21-23-25-27-29-31-33-35-40(49)39(38-54-46-45(53)44(52)43(51)41(37-48)55-46)47-42(50)36-34-32-30-28-26-24-22-20-18-16-14-12-10-8-6-4-2/h17,19,25,27,33,35,39-41,43-46,48-49,51-53H,3-16,18,20-24,26,28-32,34,36-38H2,1-2H3,(H,47,50)/b19-17+,27-25+,35-33+. The van der Waals surface area contributed by atoms with Crippen LogP contribution in [-0.2, 0) is 14.3 Å². The maximum Gasteiger partial charge on any atom is 0.220 e. The van der Waals surface area contributed by atoms with E-state index in [1.807, 2.05) is 6.08 Å². The van der Waals surface area contributed by atoms with Crippen LogP contribution in [-0.4, -0.2) is 87.5 Å². The number of rotatable bonds is 37. The van der Waals surface area contributed by atoms with Gasteiger partial charge in [0.1, 0.15) is 24.4 Å². The molecule has 9 nitrogen and oxygen atoms in total. The van der Waals surface area contributed by atoms with Crippen LogP contribution in [0.15, 0.2) is 36.5 Å². The second-order valence-electron chi connectivity index (χ2n) is 15.8. The van der Waals surface area contributed by atoms with Crippen LogP contribution in [0.25, 0.3) is 0 Å². The number of aliphatic hydroxyl groups is 5. The van der Waals surface area contributed by atoms with Crippen molar-refractivity contribution in [1.29, 1.82) is 0 Å². The van der Waals surface area contributed by atoms with E-state index in [4.69, 9.17) is 9.47 Å². The first-order valence-electron chi connectivity index (χ1n) is 22.7. The minimum absolute atomic E-state index is 0.191. The maximum atomic E-state index is 12.9. The molecule has 322 valence electrons. The van der Waals surface area contributed by atoms with Crippen molar-refractivity contribution in [2.75, 3.05) is 13.2 Å². The number of unbranched alkanes of at least 4 members (excludes halogenated alkanes) is 23. The fraction of sp³-hybridized carbons (Fsp3) is 0.848. The third-order valence-electron chi connectivity index (χ3n) is 10.7. The highest BCUT2D eigenvalue weighted by molar-refractivity contribution is 5.76. The molecule has 0 aliphatic carbocycles. The quantitative estimate of drug-likeness (QED) is 0.0270. The van der Waals surface area contributed by atoms with Crippen LogP contribution in [0.5, 0.6) is 0 Å². The van der Waals surface area contributed by atoms with Crippen LogP contribution in [0.1, 0.15) is 194 Å². The average Bonchev–Trinajstić information content (AvgIpc) is 3.18. The Kier molecular flexibility index (Phi) is 34.3. The van der Waals surface area contributed by atoms with Crippen LogP contribution >= 0.6 is 0 Å². The van der Waals surface area contributed by atoms with Crippen LogP contribution in [0.3, 0.4) is 0 Å². The van der Waals surface area contributed by atoms with Gasteiger partial charge in [0.15, 0.2) is 6.29 Å². The van der Waals surface area contributed by atoms with Gasteiger partial charge >= 0.3 is 0 Å². The second kappa shape index (κ2) is 36.7. The largest absolute Gasteiger partial charge is 0.394 e. The van der Waals surface area contributed by atoms with Gasteiger partial charge in [-0.3, -0.25) is 4.79 Å². The molecule has 0 saturated carbocycles. The summed E-state index contributed by atoms with van der Waals surface area (Å²) >= 11 is 0. The summed E-state index contributed by atoms with van der Waals surface area (Å²) in [6.07, 6.45) is 37.5. The Morgan fingerprint density at radius 2 is 1.04 bits per heavy atom. The third-order valence-corrected chi connectivity index (χ3v) is 10.7. The molecule has 1 aliphatic rings. The Morgan fingerprint density at radius 3 is 1.53 bits per heavy atom. The lowest BCUT2D eigenvalue weighted by atomic mass is 9.99. The van der Waals surface area contributed by atoms with E-state index >= 15 is 0 Å². The van der Waals surface area contributed by atoms with Crippen molar-refractivity contribution in [2.45, 2.75) is 236 Å². The molecule has 0 aromatic carbocycles. The first-order chi connectivity index (χ1) is 26.8. The van der Waals surface area contributed by atoms with E-state index < -0.39 is 49.5 Å². The topological polar surface area (TPSA) is 149 Å². The van der Waals surface area contributed by atoms with Gasteiger partial charge in [0.05, 0.1) is 25.4 Å². The van der Waals surface area contributed by atoms with Crippen LogP contribution < -0.4 is 5.32 Å². The van der Waals surface area contributed by atoms with Gasteiger partial charge in [0, 0.05) is 6.42 Å². The molecule has 0 radical (unpaired) electrons. The summed E-state index contributed by atoms with van der Waals surface area (Å²) in [5, 5.41) is 54.1. The zero-order valence-electron chi connectivity index (χ0n) is 35.2. The molecule has 1 saturated heterocycles. The number of ether oxygens (including phenoxy) is 2. The first kappa shape index (κ1) is 51.4. The highest BCUT2D eigenvalue weighted by Crippen LogP contribution is 2.22. The molecule has 0 aromatic rings. The van der Waals surface area contributed by atoms with Gasteiger partial charge < -0.3 is 40.3 Å². The lowest BCUT2D eigenvalue weighted by molar-refractivity contribution is -0.302. The minimum atomic E-state index is -1.57. The van der Waals surface area contributed by atoms with Crippen molar-refractivity contribution in [3.05, 3.63) is 36.5 Å². The van der Waals surface area contributed by atoms with E-state index in [0.29, 0.717) is 6.42 Å². The zero-order chi connectivity index (χ0) is 40.2. The molecular formula is C46H85NO8. The molecule has 7 unspecified atom stereocenters. The predicted octanol–water partition coefficient (Wildman–Crippen LogP) is 9.28. The minimum Gasteiger partial charge on any atom is -0.394 e. The first-order valence-corrected chi connectivity index (χ1v) is 22.7. The number of hydrogen-bond acceptors (Lipinski definition) is 8. The van der Waals surface area contributed by atoms with Crippen molar-refractivity contribution < 1.29 is 39.8 Å². The van der Waals surface area contributed by atoms with Crippen molar-refractivity contribution >= 4 is 5.91 Å². The van der Waals surface area contributed by atoms with Crippen LogP contribution in [0.4, 0.5) is 0 Å². The Hall–Kier alpha value is -1.59. The molecule has 55 heavy (non-hydrogen) atoms. The summed E-state index contributed by atoms with van der Waals surface area (Å²) in [6, 6.07) is -0.823. The fourth-order valence-corrected chi connectivity index (χ4v) is 7.01. The highest BCUT2D eigenvalue weighted by Gasteiger charge is 2.44. The van der Waals surface area contributed by atoms with Crippen molar-refractivity contribution in [3.63, 3.8) is 0 Å². The van der Waals surface area contributed by atoms with Crippen molar-refractivity contribution in [2.24, 2.45) is 0 Å². The van der Waals surface area contributed by atoms with Gasteiger partial charge in [-0.1, -0.05) is 179 Å². The Morgan fingerprint density at radius 1 is 0.600 bits per heavy atom. The monoisotopic (exact) mass is 780 g/mol. The number of amides is 1. The van der Waals surface area contributed by atoms with Gasteiger partial charge in [-0.2, -0.15) is 0 Å². The zero-order valence-corrected chi connectivity index (χ0v) is 35.2. The van der Waals surface area contributed by atoms with Crippen molar-refractivity contribution in [1.82, 2.24) is 5.32 Å². The number of carbonyl (C=O) groups is 1. The van der Waals surface area contributed by atoms with E-state index in [9.17, 15) is 30.3 Å². The Bertz CT molecular complexity index is 956. The Balaban J connectivity index is 2.40. The molecule has 1 aliphatic heterocycles. The molecule has 7 atom stereocenters. The third kappa shape index (κ3) is 27.6. The average molecular weight is 780 g/mol. The summed E-state index contributed by atoms with van der Waals surface area (Å²) in [4.78, 5) is 12.9. The Labute approximate surface area is 336 Å². The molecule has 0 bridgehead atoms. The number of allylic oxidation sites excluding steroid dienone is 5. The maximum absolute atomic E-state index is 12.9. The fourth-order valence-electron chi connectivity index (χ4n) is 7.01. The van der Waals surface area contributed by atoms with Crippen molar-refractivity contribution in [3.8, 4) is 0 Å². The smallest absolute Gasteiger partial charge is 0.220 e. The lowest BCUT2D eigenvalue weighted by Crippen LogP contribution is -2.60. The van der Waals surface area contributed by atoms with Gasteiger partial charge in [-0.25, -0.2) is 0 Å². The van der Waals surface area contributed by atoms with E-state index in [-0.39, 0.29) is 12.5 Å². The normalized spacial score (nSPS) is 21.6. The molecule has 1 heterocycles. The summed E-state index contributed by atoms with van der Waals surface area (Å²) in [5.41, 5.74) is 0. The van der Waals surface area contributed by atoms with E-state index in [1.54, 1.807) is 6.08 Å². The number of carbonyl (C=O) groups excluding carboxylic acids is 1. The lowest BCUT2D eigenvalue weighted by Gasteiger charge is -2.40. The van der Waals surface area contributed by atoms with Gasteiger partial charge in [-0.15, -0.1) is 0 Å². The molecular weight excluding hydrogens is 695 g/mol.